The number of nitrogens with zero attached hydrogens (tertiary/aromatic N) is 3. The molecule has 7 heteroatoms. The van der Waals surface area contributed by atoms with Gasteiger partial charge in [0.05, 0.1) is 0 Å². The Hall–Kier alpha value is -1.01. The van der Waals surface area contributed by atoms with Crippen molar-refractivity contribution < 1.29 is 9.59 Å². The lowest BCUT2D eigenvalue weighted by Gasteiger charge is -2.40. The van der Waals surface area contributed by atoms with Crippen molar-refractivity contribution in [2.24, 2.45) is 11.8 Å². The Morgan fingerprint density at radius 1 is 1.09 bits per heavy atom. The molecule has 6 nitrogen and oxygen atoms in total. The molecule has 1 unspecified atom stereocenters. The van der Waals surface area contributed by atoms with E-state index in [1.165, 1.54) is 0 Å². The van der Waals surface area contributed by atoms with Gasteiger partial charge in [0.2, 0.25) is 5.91 Å². The van der Waals surface area contributed by atoms with E-state index in [9.17, 15) is 9.59 Å². The molecule has 1 atom stereocenters. The number of urea groups is 1. The van der Waals surface area contributed by atoms with Gasteiger partial charge in [0, 0.05) is 45.2 Å². The van der Waals surface area contributed by atoms with Gasteiger partial charge in [-0.2, -0.15) is 0 Å². The average Bonchev–Trinajstić information content (AvgIpc) is 2.46. The van der Waals surface area contributed by atoms with Gasteiger partial charge in [-0.15, -0.1) is 12.4 Å². The molecule has 2 saturated heterocycles. The monoisotopic (exact) mass is 332 g/mol. The van der Waals surface area contributed by atoms with E-state index in [1.54, 1.807) is 0 Å². The van der Waals surface area contributed by atoms with Crippen molar-refractivity contribution in [2.45, 2.75) is 20.8 Å². The lowest BCUT2D eigenvalue weighted by molar-refractivity contribution is -0.138. The zero-order chi connectivity index (χ0) is 15.4. The number of amides is 3. The highest BCUT2D eigenvalue weighted by Gasteiger charge is 2.33. The van der Waals surface area contributed by atoms with Crippen LogP contribution in [0.1, 0.15) is 20.8 Å². The molecular formula is C15H29ClN4O2. The summed E-state index contributed by atoms with van der Waals surface area (Å²) in [5, 5.41) is 3.22. The van der Waals surface area contributed by atoms with Crippen molar-refractivity contribution in [3.63, 3.8) is 0 Å². The quantitative estimate of drug-likeness (QED) is 0.831. The smallest absolute Gasteiger partial charge is 0.320 e. The van der Waals surface area contributed by atoms with E-state index < -0.39 is 0 Å². The molecular weight excluding hydrogens is 304 g/mol. The lowest BCUT2D eigenvalue weighted by Crippen LogP contribution is -2.56. The maximum atomic E-state index is 12.4. The summed E-state index contributed by atoms with van der Waals surface area (Å²) in [5.74, 6) is 0.820. The van der Waals surface area contributed by atoms with E-state index in [4.69, 9.17) is 0 Å². The Morgan fingerprint density at radius 2 is 1.59 bits per heavy atom. The third kappa shape index (κ3) is 4.04. The fourth-order valence-corrected chi connectivity index (χ4v) is 2.97. The van der Waals surface area contributed by atoms with Crippen molar-refractivity contribution in [3.05, 3.63) is 0 Å². The average molecular weight is 333 g/mol. The fraction of sp³-hybridized carbons (Fsp3) is 0.867. The highest BCUT2D eigenvalue weighted by molar-refractivity contribution is 5.85. The van der Waals surface area contributed by atoms with E-state index in [2.05, 4.69) is 5.32 Å². The van der Waals surface area contributed by atoms with Crippen LogP contribution in [-0.2, 0) is 4.79 Å². The molecule has 128 valence electrons. The van der Waals surface area contributed by atoms with E-state index in [0.29, 0.717) is 32.1 Å². The third-order valence-electron chi connectivity index (χ3n) is 4.81. The Kier molecular flexibility index (Phi) is 7.42. The second-order valence-corrected chi connectivity index (χ2v) is 5.97. The Balaban J connectivity index is 0.00000242. The fourth-order valence-electron chi connectivity index (χ4n) is 2.97. The molecule has 1 N–H and O–H groups in total. The van der Waals surface area contributed by atoms with Crippen LogP contribution in [0.25, 0.3) is 0 Å². The number of piperazine rings is 1. The molecule has 0 radical (unpaired) electrons. The third-order valence-corrected chi connectivity index (χ3v) is 4.81. The van der Waals surface area contributed by atoms with Crippen LogP contribution in [0.5, 0.6) is 0 Å². The largest absolute Gasteiger partial charge is 0.339 e. The molecule has 0 spiro atoms. The molecule has 2 aliphatic heterocycles. The highest BCUT2D eigenvalue weighted by atomic mass is 35.5. The minimum Gasteiger partial charge on any atom is -0.339 e. The molecule has 0 saturated carbocycles. The number of carbonyl (C=O) groups excluding carboxylic acids is 2. The molecule has 22 heavy (non-hydrogen) atoms. The zero-order valence-electron chi connectivity index (χ0n) is 13.9. The minimum absolute atomic E-state index is 0. The normalized spacial score (nSPS) is 20.0. The van der Waals surface area contributed by atoms with Crippen molar-refractivity contribution in [1.29, 1.82) is 0 Å². The number of rotatable bonds is 4. The number of hydrogen-bond donors (Lipinski definition) is 1. The van der Waals surface area contributed by atoms with E-state index in [0.717, 1.165) is 26.2 Å². The first-order chi connectivity index (χ1) is 10.1. The summed E-state index contributed by atoms with van der Waals surface area (Å²) in [4.78, 5) is 30.3. The summed E-state index contributed by atoms with van der Waals surface area (Å²) >= 11 is 0. The lowest BCUT2D eigenvalue weighted by atomic mass is 9.88. The highest BCUT2D eigenvalue weighted by Crippen LogP contribution is 2.19. The van der Waals surface area contributed by atoms with E-state index in [-0.39, 0.29) is 30.3 Å². The molecule has 0 bridgehead atoms. The van der Waals surface area contributed by atoms with Gasteiger partial charge in [0.1, 0.15) is 0 Å². The number of halogens is 1. The summed E-state index contributed by atoms with van der Waals surface area (Å²) in [6.07, 6.45) is 0. The van der Waals surface area contributed by atoms with Crippen LogP contribution in [-0.4, -0.2) is 79.0 Å². The van der Waals surface area contributed by atoms with Gasteiger partial charge in [-0.3, -0.25) is 4.79 Å². The van der Waals surface area contributed by atoms with Crippen LogP contribution in [0.4, 0.5) is 4.79 Å². The summed E-state index contributed by atoms with van der Waals surface area (Å²) in [7, 11) is 0. The predicted molar refractivity (Wildman–Crippen MR) is 89.2 cm³/mol. The molecule has 2 rings (SSSR count). The maximum absolute atomic E-state index is 12.4. The van der Waals surface area contributed by atoms with Gasteiger partial charge in [-0.05, 0) is 32.9 Å². The number of hydrogen-bond acceptors (Lipinski definition) is 3. The minimum atomic E-state index is 0. The van der Waals surface area contributed by atoms with Gasteiger partial charge in [0.15, 0.2) is 0 Å². The van der Waals surface area contributed by atoms with Crippen LogP contribution < -0.4 is 5.32 Å². The molecule has 2 aliphatic rings. The summed E-state index contributed by atoms with van der Waals surface area (Å²) in [5.41, 5.74) is 0. The van der Waals surface area contributed by atoms with Crippen LogP contribution in [0.3, 0.4) is 0 Å². The van der Waals surface area contributed by atoms with Gasteiger partial charge in [-0.25, -0.2) is 4.79 Å². The van der Waals surface area contributed by atoms with Crippen molar-refractivity contribution in [3.8, 4) is 0 Å². The predicted octanol–water partition coefficient (Wildman–Crippen LogP) is 0.870. The van der Waals surface area contributed by atoms with Gasteiger partial charge >= 0.3 is 6.03 Å². The van der Waals surface area contributed by atoms with Crippen molar-refractivity contribution >= 4 is 24.3 Å². The zero-order valence-corrected chi connectivity index (χ0v) is 14.7. The first kappa shape index (κ1) is 19.0. The van der Waals surface area contributed by atoms with Crippen molar-refractivity contribution in [2.75, 3.05) is 52.4 Å². The Morgan fingerprint density at radius 3 is 2.00 bits per heavy atom. The number of carbonyl (C=O) groups is 2. The van der Waals surface area contributed by atoms with Gasteiger partial charge in [0.25, 0.3) is 0 Å². The standard InChI is InChI=1S/C15H28N4O2.ClH/c1-4-17(5-2)15(21)19-8-6-18(7-9-19)14(20)12(3)13-10-16-11-13;/h12-13,16H,4-11H2,1-3H3;1H. The molecule has 2 heterocycles. The van der Waals surface area contributed by atoms with E-state index >= 15 is 0 Å². The van der Waals surface area contributed by atoms with E-state index in [1.807, 2.05) is 35.5 Å². The van der Waals surface area contributed by atoms with Crippen LogP contribution in [0.2, 0.25) is 0 Å². The van der Waals surface area contributed by atoms with Crippen LogP contribution in [0.15, 0.2) is 0 Å². The first-order valence-electron chi connectivity index (χ1n) is 8.11. The molecule has 0 aromatic carbocycles. The molecule has 2 fully saturated rings. The van der Waals surface area contributed by atoms with Crippen LogP contribution >= 0.6 is 12.4 Å². The molecule has 0 aromatic rings. The Labute approximate surface area is 139 Å². The molecule has 0 aromatic heterocycles. The number of nitrogens with one attached hydrogen (secondary N) is 1. The second-order valence-electron chi connectivity index (χ2n) is 5.97. The SMILES string of the molecule is CCN(CC)C(=O)N1CCN(C(=O)C(C)C2CNC2)CC1.Cl. The first-order valence-corrected chi connectivity index (χ1v) is 8.11. The maximum Gasteiger partial charge on any atom is 0.320 e. The summed E-state index contributed by atoms with van der Waals surface area (Å²) in [6, 6.07) is 0.100. The van der Waals surface area contributed by atoms with Crippen molar-refractivity contribution in [1.82, 2.24) is 20.0 Å². The molecule has 0 aliphatic carbocycles. The molecule has 3 amide bonds. The second kappa shape index (κ2) is 8.58. The van der Waals surface area contributed by atoms with Gasteiger partial charge < -0.3 is 20.0 Å². The Bertz CT molecular complexity index is 378. The van der Waals surface area contributed by atoms with Gasteiger partial charge in [-0.1, -0.05) is 6.92 Å². The summed E-state index contributed by atoms with van der Waals surface area (Å²) < 4.78 is 0. The summed E-state index contributed by atoms with van der Waals surface area (Å²) in [6.45, 7) is 12.0. The topological polar surface area (TPSA) is 55.9 Å². The van der Waals surface area contributed by atoms with Crippen LogP contribution in [0, 0.1) is 11.8 Å².